The number of aromatic nitrogens is 3. The van der Waals surface area contributed by atoms with Crippen LogP contribution in [0.15, 0.2) is 48.8 Å². The Hall–Kier alpha value is -2.86. The van der Waals surface area contributed by atoms with E-state index in [1.54, 1.807) is 31.6 Å². The van der Waals surface area contributed by atoms with Gasteiger partial charge in [0.1, 0.15) is 23.2 Å². The summed E-state index contributed by atoms with van der Waals surface area (Å²) in [6.45, 7) is 2.51. The van der Waals surface area contributed by atoms with E-state index in [0.29, 0.717) is 29.0 Å². The molecule has 2 N–H and O–H groups in total. The number of ether oxygens (including phenoxy) is 1. The fourth-order valence-electron chi connectivity index (χ4n) is 2.31. The minimum absolute atomic E-state index is 0.536. The van der Waals surface area contributed by atoms with Gasteiger partial charge in [0.25, 0.3) is 0 Å². The average molecular weight is 356 g/mol. The van der Waals surface area contributed by atoms with Gasteiger partial charge in [-0.25, -0.2) is 9.97 Å². The van der Waals surface area contributed by atoms with Gasteiger partial charge in [0.05, 0.1) is 12.1 Å². The standard InChI is InChI=1S/C18H18ClN5O/c1-12-22-17(21-11-13-5-7-20-8-6-13)10-18(23-12)24-14-3-4-16(25-2)15(19)9-14/h3-10H,11H2,1-2H3,(H2,21,22,23,24). The van der Waals surface area contributed by atoms with Gasteiger partial charge in [-0.1, -0.05) is 11.6 Å². The average Bonchev–Trinajstić information content (AvgIpc) is 2.61. The largest absolute Gasteiger partial charge is 0.495 e. The number of hydrogen-bond acceptors (Lipinski definition) is 6. The second-order valence-electron chi connectivity index (χ2n) is 5.37. The lowest BCUT2D eigenvalue weighted by molar-refractivity contribution is 0.415. The van der Waals surface area contributed by atoms with Gasteiger partial charge in [0.2, 0.25) is 0 Å². The summed E-state index contributed by atoms with van der Waals surface area (Å²) < 4.78 is 5.16. The van der Waals surface area contributed by atoms with Crippen molar-refractivity contribution in [3.63, 3.8) is 0 Å². The number of hydrogen-bond donors (Lipinski definition) is 2. The van der Waals surface area contributed by atoms with Gasteiger partial charge in [0.15, 0.2) is 0 Å². The van der Waals surface area contributed by atoms with E-state index in [1.807, 2.05) is 31.2 Å². The Morgan fingerprint density at radius 2 is 1.80 bits per heavy atom. The van der Waals surface area contributed by atoms with Crippen molar-refractivity contribution < 1.29 is 4.74 Å². The van der Waals surface area contributed by atoms with Gasteiger partial charge in [-0.3, -0.25) is 4.98 Å². The maximum absolute atomic E-state index is 6.16. The molecule has 0 spiro atoms. The second-order valence-corrected chi connectivity index (χ2v) is 5.78. The Morgan fingerprint density at radius 1 is 1.04 bits per heavy atom. The van der Waals surface area contributed by atoms with Gasteiger partial charge < -0.3 is 15.4 Å². The summed E-state index contributed by atoms with van der Waals surface area (Å²) >= 11 is 6.16. The molecule has 3 rings (SSSR count). The van der Waals surface area contributed by atoms with E-state index in [0.717, 1.165) is 17.1 Å². The molecule has 0 bridgehead atoms. The number of benzene rings is 1. The number of halogens is 1. The molecule has 0 aliphatic carbocycles. The van der Waals surface area contributed by atoms with E-state index in [9.17, 15) is 0 Å². The molecule has 1 aromatic carbocycles. The zero-order chi connectivity index (χ0) is 17.6. The molecule has 128 valence electrons. The summed E-state index contributed by atoms with van der Waals surface area (Å²) in [5.41, 5.74) is 1.95. The molecule has 0 unspecified atom stereocenters. The van der Waals surface area contributed by atoms with Crippen LogP contribution < -0.4 is 15.4 Å². The molecule has 3 aromatic rings. The summed E-state index contributed by atoms with van der Waals surface area (Å²) in [5, 5.41) is 7.06. The highest BCUT2D eigenvalue weighted by Gasteiger charge is 2.05. The van der Waals surface area contributed by atoms with Gasteiger partial charge in [-0.15, -0.1) is 0 Å². The summed E-state index contributed by atoms with van der Waals surface area (Å²) in [5.74, 6) is 2.73. The summed E-state index contributed by atoms with van der Waals surface area (Å²) in [7, 11) is 1.59. The van der Waals surface area contributed by atoms with E-state index >= 15 is 0 Å². The summed E-state index contributed by atoms with van der Waals surface area (Å²) in [6.07, 6.45) is 3.53. The molecule has 0 radical (unpaired) electrons. The smallest absolute Gasteiger partial charge is 0.137 e. The topological polar surface area (TPSA) is 72.0 Å². The van der Waals surface area contributed by atoms with Crippen LogP contribution in [-0.2, 0) is 6.54 Å². The Labute approximate surface area is 151 Å². The number of nitrogens with zero attached hydrogens (tertiary/aromatic N) is 3. The third-order valence-electron chi connectivity index (χ3n) is 3.49. The van der Waals surface area contributed by atoms with Crippen LogP contribution in [0.1, 0.15) is 11.4 Å². The van der Waals surface area contributed by atoms with E-state index in [2.05, 4.69) is 25.6 Å². The van der Waals surface area contributed by atoms with Gasteiger partial charge in [0, 0.05) is 30.7 Å². The van der Waals surface area contributed by atoms with Crippen LogP contribution in [0.2, 0.25) is 5.02 Å². The van der Waals surface area contributed by atoms with Crippen LogP contribution in [0.5, 0.6) is 5.75 Å². The SMILES string of the molecule is COc1ccc(Nc2cc(NCc3ccncc3)nc(C)n2)cc1Cl. The van der Waals surface area contributed by atoms with Gasteiger partial charge in [-0.05, 0) is 42.8 Å². The first-order valence-corrected chi connectivity index (χ1v) is 8.11. The molecule has 0 amide bonds. The van der Waals surface area contributed by atoms with Gasteiger partial charge in [-0.2, -0.15) is 0 Å². The molecular formula is C18H18ClN5O. The van der Waals surface area contributed by atoms with Crippen molar-refractivity contribution in [3.8, 4) is 5.75 Å². The van der Waals surface area contributed by atoms with Crippen LogP contribution >= 0.6 is 11.6 Å². The number of methoxy groups -OCH3 is 1. The number of anilines is 3. The van der Waals surface area contributed by atoms with Crippen molar-refractivity contribution in [1.82, 2.24) is 15.0 Å². The molecule has 0 atom stereocenters. The first-order chi connectivity index (χ1) is 12.1. The molecule has 0 aliphatic rings. The van der Waals surface area contributed by atoms with Crippen molar-refractivity contribution in [1.29, 1.82) is 0 Å². The predicted octanol–water partition coefficient (Wildman–Crippen LogP) is 4.20. The highest BCUT2D eigenvalue weighted by atomic mass is 35.5. The fourth-order valence-corrected chi connectivity index (χ4v) is 2.57. The van der Waals surface area contributed by atoms with Crippen molar-refractivity contribution in [2.24, 2.45) is 0 Å². The first-order valence-electron chi connectivity index (χ1n) is 7.73. The highest BCUT2D eigenvalue weighted by Crippen LogP contribution is 2.28. The van der Waals surface area contributed by atoms with Crippen molar-refractivity contribution in [2.45, 2.75) is 13.5 Å². The minimum atomic E-state index is 0.536. The molecule has 7 heteroatoms. The van der Waals surface area contributed by atoms with E-state index in [1.165, 1.54) is 0 Å². The van der Waals surface area contributed by atoms with Crippen LogP contribution in [-0.4, -0.2) is 22.1 Å². The van der Waals surface area contributed by atoms with E-state index < -0.39 is 0 Å². The maximum atomic E-state index is 6.16. The molecule has 0 fully saturated rings. The highest BCUT2D eigenvalue weighted by molar-refractivity contribution is 6.32. The van der Waals surface area contributed by atoms with Crippen molar-refractivity contribution >= 4 is 28.9 Å². The lowest BCUT2D eigenvalue weighted by Crippen LogP contribution is -2.05. The number of nitrogens with one attached hydrogen (secondary N) is 2. The van der Waals surface area contributed by atoms with Crippen LogP contribution in [0.25, 0.3) is 0 Å². The molecule has 6 nitrogen and oxygen atoms in total. The molecule has 0 saturated carbocycles. The number of pyridine rings is 1. The molecule has 25 heavy (non-hydrogen) atoms. The van der Waals surface area contributed by atoms with Crippen molar-refractivity contribution in [3.05, 3.63) is 65.2 Å². The Balaban J connectivity index is 1.74. The number of rotatable bonds is 6. The fraction of sp³-hybridized carbons (Fsp3) is 0.167. The van der Waals surface area contributed by atoms with Crippen molar-refractivity contribution in [2.75, 3.05) is 17.7 Å². The molecule has 0 aliphatic heterocycles. The normalized spacial score (nSPS) is 10.4. The molecule has 0 saturated heterocycles. The third-order valence-corrected chi connectivity index (χ3v) is 3.78. The predicted molar refractivity (Wildman–Crippen MR) is 99.6 cm³/mol. The van der Waals surface area contributed by atoms with E-state index in [4.69, 9.17) is 16.3 Å². The maximum Gasteiger partial charge on any atom is 0.137 e. The van der Waals surface area contributed by atoms with Crippen LogP contribution in [0.4, 0.5) is 17.3 Å². The minimum Gasteiger partial charge on any atom is -0.495 e. The monoisotopic (exact) mass is 355 g/mol. The third kappa shape index (κ3) is 4.58. The second kappa shape index (κ2) is 7.81. The lowest BCUT2D eigenvalue weighted by Gasteiger charge is -2.11. The zero-order valence-corrected chi connectivity index (χ0v) is 14.7. The van der Waals surface area contributed by atoms with Gasteiger partial charge >= 0.3 is 0 Å². The molecular weight excluding hydrogens is 338 g/mol. The lowest BCUT2D eigenvalue weighted by atomic mass is 10.2. The van der Waals surface area contributed by atoms with E-state index in [-0.39, 0.29) is 0 Å². The van der Waals surface area contributed by atoms with Crippen LogP contribution in [0, 0.1) is 6.92 Å². The molecule has 2 heterocycles. The quantitative estimate of drug-likeness (QED) is 0.690. The Morgan fingerprint density at radius 3 is 2.52 bits per heavy atom. The molecule has 2 aromatic heterocycles. The Kier molecular flexibility index (Phi) is 5.30. The number of aryl methyl sites for hydroxylation is 1. The first kappa shape index (κ1) is 17.0. The van der Waals surface area contributed by atoms with Crippen LogP contribution in [0.3, 0.4) is 0 Å². The summed E-state index contributed by atoms with van der Waals surface area (Å²) in [6, 6.07) is 11.3. The Bertz CT molecular complexity index is 857. The summed E-state index contributed by atoms with van der Waals surface area (Å²) in [4.78, 5) is 12.8. The zero-order valence-electron chi connectivity index (χ0n) is 14.0.